The van der Waals surface area contributed by atoms with Crippen molar-refractivity contribution in [2.24, 2.45) is 0 Å². The highest BCUT2D eigenvalue weighted by Crippen LogP contribution is 2.30. The van der Waals surface area contributed by atoms with Crippen LogP contribution in [0.2, 0.25) is 0 Å². The molecular formula is C22H23N5O3S2. The molecule has 0 unspecified atom stereocenters. The van der Waals surface area contributed by atoms with E-state index in [0.717, 1.165) is 22.6 Å². The zero-order chi connectivity index (χ0) is 22.5. The Morgan fingerprint density at radius 3 is 2.78 bits per heavy atom. The fraction of sp³-hybridized carbons (Fsp3) is 0.273. The lowest BCUT2D eigenvalue weighted by Crippen LogP contribution is -2.49. The summed E-state index contributed by atoms with van der Waals surface area (Å²) in [5.41, 5.74) is 2.20. The van der Waals surface area contributed by atoms with Crippen LogP contribution >= 0.6 is 23.6 Å². The van der Waals surface area contributed by atoms with Crippen LogP contribution in [-0.2, 0) is 6.54 Å². The summed E-state index contributed by atoms with van der Waals surface area (Å²) in [6, 6.07) is 9.46. The van der Waals surface area contributed by atoms with Gasteiger partial charge in [-0.25, -0.2) is 9.99 Å². The number of amides is 1. The lowest BCUT2D eigenvalue weighted by atomic mass is 10.2. The van der Waals surface area contributed by atoms with Crippen LogP contribution in [0.5, 0.6) is 11.5 Å². The molecule has 3 aromatic rings. The van der Waals surface area contributed by atoms with E-state index >= 15 is 0 Å². The predicted molar refractivity (Wildman–Crippen MR) is 127 cm³/mol. The van der Waals surface area contributed by atoms with E-state index in [0.29, 0.717) is 41.9 Å². The highest BCUT2D eigenvalue weighted by Gasteiger charge is 2.31. The fourth-order valence-electron chi connectivity index (χ4n) is 3.52. The Bertz CT molecular complexity index is 1110. The van der Waals surface area contributed by atoms with Gasteiger partial charge < -0.3 is 14.8 Å². The number of ether oxygens (including phenoxy) is 2. The topological polar surface area (TPSA) is 79.8 Å². The Hall–Kier alpha value is -3.24. The zero-order valence-electron chi connectivity index (χ0n) is 17.8. The summed E-state index contributed by atoms with van der Waals surface area (Å²) in [5.74, 6) is 1.14. The molecule has 1 amide bonds. The molecule has 0 aliphatic carbocycles. The third-order valence-electron chi connectivity index (χ3n) is 5.05. The Kier molecular flexibility index (Phi) is 6.81. The summed E-state index contributed by atoms with van der Waals surface area (Å²) >= 11 is 7.03. The van der Waals surface area contributed by atoms with E-state index in [9.17, 15) is 4.79 Å². The van der Waals surface area contributed by atoms with Gasteiger partial charge in [-0.3, -0.25) is 14.8 Å². The molecular weight excluding hydrogens is 446 g/mol. The molecule has 1 N–H and O–H groups in total. The highest BCUT2D eigenvalue weighted by atomic mass is 32.1. The van der Waals surface area contributed by atoms with Crippen LogP contribution in [0.25, 0.3) is 10.6 Å². The van der Waals surface area contributed by atoms with Crippen molar-refractivity contribution in [1.82, 2.24) is 25.3 Å². The number of hydrazine groups is 1. The molecule has 1 saturated heterocycles. The van der Waals surface area contributed by atoms with E-state index in [4.69, 9.17) is 21.7 Å². The number of thiocarbonyl (C=S) groups is 1. The second-order valence-corrected chi connectivity index (χ2v) is 8.24. The van der Waals surface area contributed by atoms with Crippen molar-refractivity contribution in [2.75, 3.05) is 27.3 Å². The number of hydrogen-bond donors (Lipinski definition) is 1. The van der Waals surface area contributed by atoms with E-state index in [2.05, 4.69) is 15.3 Å². The lowest BCUT2D eigenvalue weighted by Gasteiger charge is -2.29. The first kappa shape index (κ1) is 22.0. The number of hydrogen-bond acceptors (Lipinski definition) is 7. The molecule has 166 valence electrons. The van der Waals surface area contributed by atoms with Crippen molar-refractivity contribution >= 4 is 34.6 Å². The van der Waals surface area contributed by atoms with Gasteiger partial charge in [-0.2, -0.15) is 0 Å². The van der Waals surface area contributed by atoms with E-state index in [1.54, 1.807) is 42.0 Å². The van der Waals surface area contributed by atoms with E-state index in [-0.39, 0.29) is 5.91 Å². The molecule has 10 heteroatoms. The van der Waals surface area contributed by atoms with Crippen molar-refractivity contribution in [3.63, 3.8) is 0 Å². The maximum Gasteiger partial charge on any atom is 0.291 e. The number of aromatic nitrogens is 2. The molecule has 8 nitrogen and oxygen atoms in total. The molecule has 3 heterocycles. The normalized spacial score (nSPS) is 13.2. The van der Waals surface area contributed by atoms with Gasteiger partial charge in [0.1, 0.15) is 10.7 Å². The Morgan fingerprint density at radius 2 is 2.03 bits per heavy atom. The molecule has 1 aliphatic rings. The average Bonchev–Trinajstić information content (AvgIpc) is 3.52. The van der Waals surface area contributed by atoms with Gasteiger partial charge in [-0.15, -0.1) is 11.3 Å². The van der Waals surface area contributed by atoms with Gasteiger partial charge in [0.2, 0.25) is 0 Å². The van der Waals surface area contributed by atoms with Gasteiger partial charge in [-0.1, -0.05) is 12.1 Å². The lowest BCUT2D eigenvalue weighted by molar-refractivity contribution is 0.0486. The number of thiazole rings is 1. The molecule has 0 radical (unpaired) electrons. The second-order valence-electron chi connectivity index (χ2n) is 7.00. The van der Waals surface area contributed by atoms with Gasteiger partial charge >= 0.3 is 0 Å². The van der Waals surface area contributed by atoms with Crippen molar-refractivity contribution < 1.29 is 14.3 Å². The summed E-state index contributed by atoms with van der Waals surface area (Å²) < 4.78 is 10.8. The van der Waals surface area contributed by atoms with Crippen LogP contribution in [0.15, 0.2) is 48.1 Å². The Labute approximate surface area is 195 Å². The third-order valence-corrected chi connectivity index (χ3v) is 6.29. The number of nitrogens with zero attached hydrogens (tertiary/aromatic N) is 4. The third kappa shape index (κ3) is 4.51. The first-order valence-electron chi connectivity index (χ1n) is 10.0. The van der Waals surface area contributed by atoms with Crippen molar-refractivity contribution in [1.29, 1.82) is 0 Å². The van der Waals surface area contributed by atoms with Crippen LogP contribution in [0.4, 0.5) is 0 Å². The number of nitrogens with one attached hydrogen (secondary N) is 1. The fourth-order valence-corrected chi connectivity index (χ4v) is 4.56. The smallest absolute Gasteiger partial charge is 0.291 e. The summed E-state index contributed by atoms with van der Waals surface area (Å²) in [5, 5.41) is 9.70. The first-order chi connectivity index (χ1) is 15.6. The minimum atomic E-state index is -0.169. The summed E-state index contributed by atoms with van der Waals surface area (Å²) in [7, 11) is 3.21. The van der Waals surface area contributed by atoms with Gasteiger partial charge in [0, 0.05) is 48.5 Å². The van der Waals surface area contributed by atoms with Gasteiger partial charge in [0.25, 0.3) is 5.91 Å². The number of carbonyl (C=O) groups excluding carboxylic acids is 1. The molecule has 0 spiro atoms. The SMILES string of the molecule is COc1cccc(CNC(=S)N2CCCN2C(=O)c2csc(-c3cccnc3)n2)c1OC. The quantitative estimate of drug-likeness (QED) is 0.551. The number of pyridine rings is 1. The minimum absolute atomic E-state index is 0.169. The molecule has 4 rings (SSSR count). The molecule has 1 aliphatic heterocycles. The first-order valence-corrected chi connectivity index (χ1v) is 11.3. The Morgan fingerprint density at radius 1 is 1.19 bits per heavy atom. The van der Waals surface area contributed by atoms with Crippen LogP contribution in [-0.4, -0.2) is 58.3 Å². The van der Waals surface area contributed by atoms with Crippen LogP contribution in [0, 0.1) is 0 Å². The maximum atomic E-state index is 13.2. The maximum absolute atomic E-state index is 13.2. The van der Waals surface area contributed by atoms with Crippen molar-refractivity contribution in [3.05, 3.63) is 59.4 Å². The number of para-hydroxylation sites is 1. The highest BCUT2D eigenvalue weighted by molar-refractivity contribution is 7.80. The molecule has 2 aromatic heterocycles. The van der Waals surface area contributed by atoms with Gasteiger partial charge in [-0.05, 0) is 36.8 Å². The Balaban J connectivity index is 1.44. The van der Waals surface area contributed by atoms with E-state index in [1.165, 1.54) is 11.3 Å². The minimum Gasteiger partial charge on any atom is -0.493 e. The largest absolute Gasteiger partial charge is 0.493 e. The molecule has 0 bridgehead atoms. The number of rotatable bonds is 6. The zero-order valence-corrected chi connectivity index (χ0v) is 19.4. The van der Waals surface area contributed by atoms with Crippen molar-refractivity contribution in [3.8, 4) is 22.1 Å². The standard InChI is InChI=1S/C22H23N5O3S2/c1-29-18-8-3-6-15(19(18)30-2)13-24-22(31)27-11-5-10-26(27)21(28)17-14-32-20(25-17)16-7-4-9-23-12-16/h3-4,6-9,12,14H,5,10-11,13H2,1-2H3,(H,24,31). The summed E-state index contributed by atoms with van der Waals surface area (Å²) in [6.07, 6.45) is 4.27. The van der Waals surface area contributed by atoms with E-state index in [1.807, 2.05) is 30.3 Å². The molecule has 0 saturated carbocycles. The molecule has 1 fully saturated rings. The van der Waals surface area contributed by atoms with Crippen LogP contribution < -0.4 is 14.8 Å². The van der Waals surface area contributed by atoms with Gasteiger partial charge in [0.15, 0.2) is 16.6 Å². The monoisotopic (exact) mass is 469 g/mol. The summed E-state index contributed by atoms with van der Waals surface area (Å²) in [6.45, 7) is 1.69. The van der Waals surface area contributed by atoms with Crippen LogP contribution in [0.1, 0.15) is 22.5 Å². The average molecular weight is 470 g/mol. The number of benzene rings is 1. The van der Waals surface area contributed by atoms with Crippen LogP contribution in [0.3, 0.4) is 0 Å². The van der Waals surface area contributed by atoms with Crippen molar-refractivity contribution in [2.45, 2.75) is 13.0 Å². The molecule has 0 atom stereocenters. The van der Waals surface area contributed by atoms with Gasteiger partial charge in [0.05, 0.1) is 14.2 Å². The molecule has 1 aromatic carbocycles. The molecule has 32 heavy (non-hydrogen) atoms. The summed E-state index contributed by atoms with van der Waals surface area (Å²) in [4.78, 5) is 21.8. The second kappa shape index (κ2) is 9.92. The van der Waals surface area contributed by atoms with E-state index < -0.39 is 0 Å². The predicted octanol–water partition coefficient (Wildman–Crippen LogP) is 3.36. The number of methoxy groups -OCH3 is 2. The number of carbonyl (C=O) groups is 1.